The van der Waals surface area contributed by atoms with E-state index in [4.69, 9.17) is 0 Å². The molecule has 0 fully saturated rings. The Hall–Kier alpha value is -1.85. The average Bonchev–Trinajstić information content (AvgIpc) is 2.87. The molecule has 0 saturated heterocycles. The fourth-order valence-electron chi connectivity index (χ4n) is 2.37. The third-order valence-corrected chi connectivity index (χ3v) is 3.61. The molecule has 2 aromatic rings. The van der Waals surface area contributed by atoms with Crippen LogP contribution in [-0.2, 0) is 0 Å². The number of hydrogen-bond acceptors (Lipinski definition) is 4. The summed E-state index contributed by atoms with van der Waals surface area (Å²) >= 11 is 0. The van der Waals surface area contributed by atoms with Crippen LogP contribution in [-0.4, -0.2) is 26.4 Å². The van der Waals surface area contributed by atoms with Gasteiger partial charge < -0.3 is 5.32 Å². The lowest BCUT2D eigenvalue weighted by Gasteiger charge is -2.05. The quantitative estimate of drug-likeness (QED) is 0.660. The van der Waals surface area contributed by atoms with Crippen LogP contribution in [0.4, 0.5) is 5.82 Å². The number of fused-ring (bicyclic) bond motifs is 1. The second-order valence-electron chi connectivity index (χ2n) is 5.42. The number of aromatic nitrogens is 4. The van der Waals surface area contributed by atoms with Gasteiger partial charge in [0.15, 0.2) is 5.65 Å². The smallest absolute Gasteiger partial charge is 0.364 e. The summed E-state index contributed by atoms with van der Waals surface area (Å²) in [6, 6.07) is 3.63. The molecule has 0 aliphatic heterocycles. The predicted molar refractivity (Wildman–Crippen MR) is 84.7 cm³/mol. The first-order chi connectivity index (χ1) is 10.3. The van der Waals surface area contributed by atoms with Gasteiger partial charge in [-0.2, -0.15) is 9.61 Å². The molecule has 0 spiro atoms. The lowest BCUT2D eigenvalue weighted by molar-refractivity contribution is 0.581. The van der Waals surface area contributed by atoms with E-state index in [0.29, 0.717) is 11.5 Å². The molecule has 2 rings (SSSR count). The summed E-state index contributed by atoms with van der Waals surface area (Å²) in [7, 11) is 0. The highest BCUT2D eigenvalue weighted by Gasteiger charge is 2.01. The highest BCUT2D eigenvalue weighted by molar-refractivity contribution is 5.42. The summed E-state index contributed by atoms with van der Waals surface area (Å²) in [4.78, 5) is 11.4. The molecule has 0 atom stereocenters. The van der Waals surface area contributed by atoms with E-state index in [1.807, 2.05) is 6.07 Å². The first-order valence-corrected chi connectivity index (χ1v) is 7.99. The third kappa shape index (κ3) is 4.88. The van der Waals surface area contributed by atoms with Gasteiger partial charge in [0.1, 0.15) is 5.82 Å². The molecule has 0 aliphatic rings. The molecule has 6 heteroatoms. The Kier molecular flexibility index (Phi) is 6.24. The van der Waals surface area contributed by atoms with Gasteiger partial charge in [-0.1, -0.05) is 51.9 Å². The van der Waals surface area contributed by atoms with Gasteiger partial charge in [-0.25, -0.2) is 9.89 Å². The average molecular weight is 291 g/mol. The van der Waals surface area contributed by atoms with Gasteiger partial charge in [0, 0.05) is 6.54 Å². The van der Waals surface area contributed by atoms with Gasteiger partial charge in [0.2, 0.25) is 0 Å². The molecule has 0 saturated carbocycles. The van der Waals surface area contributed by atoms with Crippen molar-refractivity contribution in [1.82, 2.24) is 19.8 Å². The SMILES string of the molecule is CCCCCCCCCCNc1ccc2n[nH]c(=O)n2n1. The van der Waals surface area contributed by atoms with Gasteiger partial charge in [-0.05, 0) is 18.6 Å². The third-order valence-electron chi connectivity index (χ3n) is 3.61. The Morgan fingerprint density at radius 2 is 1.81 bits per heavy atom. The maximum Gasteiger partial charge on any atom is 0.364 e. The summed E-state index contributed by atoms with van der Waals surface area (Å²) in [5.74, 6) is 0.717. The summed E-state index contributed by atoms with van der Waals surface area (Å²) in [5.41, 5.74) is 0.235. The molecule has 0 radical (unpaired) electrons. The van der Waals surface area contributed by atoms with Crippen molar-refractivity contribution in [1.29, 1.82) is 0 Å². The molecule has 0 aliphatic carbocycles. The lowest BCUT2D eigenvalue weighted by Crippen LogP contribution is -2.14. The van der Waals surface area contributed by atoms with E-state index in [9.17, 15) is 4.79 Å². The van der Waals surface area contributed by atoms with E-state index in [2.05, 4.69) is 27.5 Å². The zero-order valence-electron chi connectivity index (χ0n) is 12.8. The van der Waals surface area contributed by atoms with Crippen LogP contribution < -0.4 is 11.0 Å². The van der Waals surface area contributed by atoms with Crippen molar-refractivity contribution in [3.05, 3.63) is 22.6 Å². The second-order valence-corrected chi connectivity index (χ2v) is 5.42. The molecular weight excluding hydrogens is 266 g/mol. The second kappa shape index (κ2) is 8.44. The van der Waals surface area contributed by atoms with Crippen molar-refractivity contribution in [2.45, 2.75) is 58.3 Å². The van der Waals surface area contributed by atoms with Crippen molar-refractivity contribution in [3.8, 4) is 0 Å². The Morgan fingerprint density at radius 3 is 2.57 bits per heavy atom. The number of aromatic amines is 1. The number of hydrogen-bond donors (Lipinski definition) is 2. The number of anilines is 1. The first-order valence-electron chi connectivity index (χ1n) is 7.99. The highest BCUT2D eigenvalue weighted by atomic mass is 16.2. The minimum Gasteiger partial charge on any atom is -0.369 e. The molecule has 2 heterocycles. The van der Waals surface area contributed by atoms with Crippen molar-refractivity contribution in [2.24, 2.45) is 0 Å². The van der Waals surface area contributed by atoms with Crippen LogP contribution in [0, 0.1) is 0 Å². The zero-order chi connectivity index (χ0) is 14.9. The normalized spacial score (nSPS) is 11.1. The van der Waals surface area contributed by atoms with Crippen LogP contribution in [0.25, 0.3) is 5.65 Å². The largest absolute Gasteiger partial charge is 0.369 e. The Labute approximate surface area is 125 Å². The Morgan fingerprint density at radius 1 is 1.10 bits per heavy atom. The molecule has 0 bridgehead atoms. The monoisotopic (exact) mass is 291 g/mol. The van der Waals surface area contributed by atoms with Crippen LogP contribution in [0.1, 0.15) is 58.3 Å². The van der Waals surface area contributed by atoms with Crippen LogP contribution in [0.5, 0.6) is 0 Å². The summed E-state index contributed by atoms with van der Waals surface area (Å²) < 4.78 is 1.27. The van der Waals surface area contributed by atoms with E-state index >= 15 is 0 Å². The van der Waals surface area contributed by atoms with Crippen LogP contribution >= 0.6 is 0 Å². The molecule has 21 heavy (non-hydrogen) atoms. The molecule has 0 aromatic carbocycles. The summed E-state index contributed by atoms with van der Waals surface area (Å²) in [6.45, 7) is 3.13. The maximum atomic E-state index is 11.4. The Balaban J connectivity index is 1.61. The number of nitrogens with zero attached hydrogens (tertiary/aromatic N) is 3. The highest BCUT2D eigenvalue weighted by Crippen LogP contribution is 2.09. The van der Waals surface area contributed by atoms with Gasteiger partial charge in [0.05, 0.1) is 0 Å². The van der Waals surface area contributed by atoms with Crippen LogP contribution in [0.2, 0.25) is 0 Å². The van der Waals surface area contributed by atoms with Crippen LogP contribution in [0.3, 0.4) is 0 Å². The predicted octanol–water partition coefficient (Wildman–Crippen LogP) is 2.97. The number of H-pyrrole nitrogens is 1. The van der Waals surface area contributed by atoms with Crippen LogP contribution in [0.15, 0.2) is 16.9 Å². The van der Waals surface area contributed by atoms with E-state index in [1.54, 1.807) is 6.07 Å². The minimum atomic E-state index is -0.305. The van der Waals surface area contributed by atoms with Crippen molar-refractivity contribution in [2.75, 3.05) is 11.9 Å². The summed E-state index contributed by atoms with van der Waals surface area (Å²) in [5, 5.41) is 13.7. The van der Waals surface area contributed by atoms with Crippen molar-refractivity contribution in [3.63, 3.8) is 0 Å². The van der Waals surface area contributed by atoms with Gasteiger partial charge in [-0.15, -0.1) is 5.10 Å². The number of unbranched alkanes of at least 4 members (excludes halogenated alkanes) is 7. The molecular formula is C15H25N5O. The molecule has 2 aromatic heterocycles. The maximum absolute atomic E-state index is 11.4. The molecule has 0 unspecified atom stereocenters. The lowest BCUT2D eigenvalue weighted by atomic mass is 10.1. The van der Waals surface area contributed by atoms with Gasteiger partial charge in [0.25, 0.3) is 0 Å². The molecule has 0 amide bonds. The topological polar surface area (TPSA) is 75.1 Å². The van der Waals surface area contributed by atoms with Crippen molar-refractivity contribution >= 4 is 11.5 Å². The van der Waals surface area contributed by atoms with E-state index in [0.717, 1.165) is 13.0 Å². The standard InChI is InChI=1S/C15H25N5O/c1-2-3-4-5-6-7-8-9-12-16-13-10-11-14-17-18-15(21)20(14)19-13/h10-11H,2-9,12H2,1H3,(H,16,19)(H,18,21). The summed E-state index contributed by atoms with van der Waals surface area (Å²) in [6.07, 6.45) is 10.4. The fraction of sp³-hybridized carbons (Fsp3) is 0.667. The molecule has 116 valence electrons. The number of rotatable bonds is 10. The van der Waals surface area contributed by atoms with E-state index < -0.39 is 0 Å². The van der Waals surface area contributed by atoms with Gasteiger partial charge in [-0.3, -0.25) is 0 Å². The van der Waals surface area contributed by atoms with E-state index in [1.165, 1.54) is 49.5 Å². The number of nitrogens with one attached hydrogen (secondary N) is 2. The molecule has 6 nitrogen and oxygen atoms in total. The Bertz CT molecular complexity index is 589. The van der Waals surface area contributed by atoms with E-state index in [-0.39, 0.29) is 5.69 Å². The minimum absolute atomic E-state index is 0.305. The van der Waals surface area contributed by atoms with Crippen molar-refractivity contribution < 1.29 is 0 Å². The zero-order valence-corrected chi connectivity index (χ0v) is 12.8. The fourth-order valence-corrected chi connectivity index (χ4v) is 2.37. The molecule has 2 N–H and O–H groups in total. The van der Waals surface area contributed by atoms with Gasteiger partial charge >= 0.3 is 5.69 Å². The first kappa shape index (κ1) is 15.5.